The van der Waals surface area contributed by atoms with Gasteiger partial charge in [0.25, 0.3) is 5.89 Å². The van der Waals surface area contributed by atoms with Crippen LogP contribution in [-0.4, -0.2) is 36.7 Å². The monoisotopic (exact) mass is 377 g/mol. The van der Waals surface area contributed by atoms with Gasteiger partial charge in [0, 0.05) is 5.56 Å². The van der Waals surface area contributed by atoms with E-state index < -0.39 is 0 Å². The Labute approximate surface area is 157 Å². The van der Waals surface area contributed by atoms with Crippen molar-refractivity contribution in [1.29, 1.82) is 0 Å². The van der Waals surface area contributed by atoms with E-state index in [2.05, 4.69) is 20.3 Å². The smallest absolute Gasteiger partial charge is 0.296 e. The van der Waals surface area contributed by atoms with E-state index >= 15 is 0 Å². The zero-order valence-corrected chi connectivity index (χ0v) is 14.6. The normalized spacial score (nSPS) is 14.7. The topological polar surface area (TPSA) is 89.3 Å². The maximum atomic E-state index is 14.1. The van der Waals surface area contributed by atoms with Gasteiger partial charge in [0.2, 0.25) is 11.6 Å². The molecular weight excluding hydrogens is 365 g/mol. The van der Waals surface area contributed by atoms with E-state index in [0.29, 0.717) is 34.2 Å². The van der Waals surface area contributed by atoms with Crippen LogP contribution >= 0.6 is 0 Å². The highest BCUT2D eigenvalue weighted by molar-refractivity contribution is 5.89. The van der Waals surface area contributed by atoms with Gasteiger partial charge in [0.1, 0.15) is 18.2 Å². The summed E-state index contributed by atoms with van der Waals surface area (Å²) in [4.78, 5) is 6.22. The number of para-hydroxylation sites is 1. The van der Waals surface area contributed by atoms with E-state index in [1.54, 1.807) is 10.6 Å². The van der Waals surface area contributed by atoms with Gasteiger partial charge in [-0.05, 0) is 31.2 Å². The van der Waals surface area contributed by atoms with Crippen LogP contribution in [0.3, 0.4) is 0 Å². The molecule has 10 heteroatoms. The first-order valence-electron chi connectivity index (χ1n) is 8.57. The Hall–Kier alpha value is -3.95. The number of aryl methyl sites for hydroxylation is 1. The first-order valence-corrected chi connectivity index (χ1v) is 8.57. The number of benzene rings is 1. The molecule has 0 aliphatic carbocycles. The second-order valence-electron chi connectivity index (χ2n) is 6.49. The molecule has 0 fully saturated rings. The summed E-state index contributed by atoms with van der Waals surface area (Å²) in [6, 6.07) is 11.2. The van der Waals surface area contributed by atoms with E-state index in [1.165, 1.54) is 6.20 Å². The number of halogens is 1. The van der Waals surface area contributed by atoms with Crippen LogP contribution in [0.5, 0.6) is 0 Å². The van der Waals surface area contributed by atoms with Gasteiger partial charge < -0.3 is 13.8 Å². The molecule has 0 atom stereocenters. The van der Waals surface area contributed by atoms with Crippen molar-refractivity contribution in [3.8, 4) is 34.7 Å². The lowest BCUT2D eigenvalue weighted by atomic mass is 10.1. The molecule has 4 aromatic rings. The van der Waals surface area contributed by atoms with Crippen LogP contribution in [0.15, 0.2) is 51.5 Å². The summed E-state index contributed by atoms with van der Waals surface area (Å²) >= 11 is 0. The molecule has 0 N–H and O–H groups in total. The number of anilines is 1. The molecule has 6 rings (SSSR count). The van der Waals surface area contributed by atoms with Crippen molar-refractivity contribution in [2.24, 2.45) is 0 Å². The molecule has 9 nitrogen and oxygen atoms in total. The number of nitrogens with zero attached hydrogens (tertiary/aromatic N) is 7. The Morgan fingerprint density at radius 1 is 1.07 bits per heavy atom. The minimum absolute atomic E-state index is 0.0736. The molecule has 0 saturated carbocycles. The second-order valence-corrected chi connectivity index (χ2v) is 6.49. The first kappa shape index (κ1) is 15.1. The molecule has 3 aromatic heterocycles. The van der Waals surface area contributed by atoms with Gasteiger partial charge in [0.05, 0.1) is 11.9 Å². The molecular formula is C18H12FN7O2. The molecule has 138 valence electrons. The van der Waals surface area contributed by atoms with E-state index in [-0.39, 0.29) is 12.6 Å². The molecule has 0 unspecified atom stereocenters. The lowest BCUT2D eigenvalue weighted by Crippen LogP contribution is -2.28. The molecule has 5 heterocycles. The largest absolute Gasteiger partial charge is 0.458 e. The maximum Gasteiger partial charge on any atom is 0.296 e. The van der Waals surface area contributed by atoms with Crippen LogP contribution in [0.1, 0.15) is 5.76 Å². The van der Waals surface area contributed by atoms with Gasteiger partial charge in [-0.1, -0.05) is 21.8 Å². The molecule has 0 saturated heterocycles. The Kier molecular flexibility index (Phi) is 2.86. The fraction of sp³-hybridized carbons (Fsp3) is 0.111. The first-order chi connectivity index (χ1) is 13.7. The number of hydrogen-bond acceptors (Lipinski definition) is 8. The predicted octanol–water partition coefficient (Wildman–Crippen LogP) is 3.30. The summed E-state index contributed by atoms with van der Waals surface area (Å²) in [6.07, 6.45) is 1.39. The van der Waals surface area contributed by atoms with Crippen LogP contribution in [0.2, 0.25) is 0 Å². The molecule has 0 radical (unpaired) electrons. The fourth-order valence-corrected chi connectivity index (χ4v) is 3.50. The van der Waals surface area contributed by atoms with Crippen molar-refractivity contribution in [1.82, 2.24) is 30.0 Å². The summed E-state index contributed by atoms with van der Waals surface area (Å²) in [5.74, 6) is 3.20. The quantitative estimate of drug-likeness (QED) is 0.492. The number of hydrogen-bond donors (Lipinski definition) is 0. The summed E-state index contributed by atoms with van der Waals surface area (Å²) in [6.45, 7) is 1.91. The van der Waals surface area contributed by atoms with Gasteiger partial charge >= 0.3 is 0 Å². The zero-order chi connectivity index (χ0) is 18.8. The summed E-state index contributed by atoms with van der Waals surface area (Å²) in [7, 11) is 0. The third-order valence-electron chi connectivity index (χ3n) is 4.71. The van der Waals surface area contributed by atoms with Crippen molar-refractivity contribution < 1.29 is 13.4 Å². The van der Waals surface area contributed by atoms with Gasteiger partial charge in [-0.25, -0.2) is 0 Å². The minimum atomic E-state index is 0.0736. The third kappa shape index (κ3) is 1.99. The Morgan fingerprint density at radius 2 is 1.93 bits per heavy atom. The Balaban J connectivity index is 1.53. The lowest BCUT2D eigenvalue weighted by molar-refractivity contribution is 0.104. The van der Waals surface area contributed by atoms with Gasteiger partial charge in [-0.15, -0.1) is 10.2 Å². The highest BCUT2D eigenvalue weighted by atomic mass is 19.2. The molecule has 0 bridgehead atoms. The Morgan fingerprint density at radius 3 is 2.79 bits per heavy atom. The number of aromatic nitrogens is 5. The van der Waals surface area contributed by atoms with E-state index in [0.717, 1.165) is 17.0 Å². The fourth-order valence-electron chi connectivity index (χ4n) is 3.50. The van der Waals surface area contributed by atoms with Crippen LogP contribution in [0.4, 0.5) is 10.2 Å². The minimum Gasteiger partial charge on any atom is -0.458 e. The van der Waals surface area contributed by atoms with Crippen LogP contribution in [0.25, 0.3) is 40.5 Å². The number of fused-ring (bicyclic) bond motifs is 6. The van der Waals surface area contributed by atoms with Crippen LogP contribution < -0.4 is 4.90 Å². The zero-order valence-electron chi connectivity index (χ0n) is 14.6. The van der Waals surface area contributed by atoms with Gasteiger partial charge in [0.15, 0.2) is 11.6 Å². The second kappa shape index (κ2) is 5.28. The third-order valence-corrected chi connectivity index (χ3v) is 4.71. The van der Waals surface area contributed by atoms with Gasteiger partial charge in [-0.3, -0.25) is 4.57 Å². The van der Waals surface area contributed by atoms with Gasteiger partial charge in [-0.2, -0.15) is 10.1 Å². The highest BCUT2D eigenvalue weighted by Gasteiger charge is 2.36. The van der Waals surface area contributed by atoms with Crippen molar-refractivity contribution in [2.45, 2.75) is 6.92 Å². The standard InChI is InChI=1S/C18H12FN7O2/c1-10-6-7-13(27-10)15-20-18(28-23-15)17-22-21-16-11-4-2-3-5-12(11)25-9-24(19)8-14(25)26(16)17/h2-8H,9H2,1H3. The molecule has 1 aromatic carbocycles. The van der Waals surface area contributed by atoms with Crippen molar-refractivity contribution in [3.63, 3.8) is 0 Å². The maximum absolute atomic E-state index is 14.1. The highest BCUT2D eigenvalue weighted by Crippen LogP contribution is 2.43. The van der Waals surface area contributed by atoms with Crippen LogP contribution in [0, 0.1) is 6.92 Å². The van der Waals surface area contributed by atoms with Crippen molar-refractivity contribution in [3.05, 3.63) is 48.4 Å². The molecule has 2 aliphatic rings. The molecule has 0 spiro atoms. The lowest BCUT2D eigenvalue weighted by Gasteiger charge is -2.29. The average molecular weight is 377 g/mol. The Bertz CT molecular complexity index is 1250. The van der Waals surface area contributed by atoms with E-state index in [4.69, 9.17) is 8.94 Å². The SMILES string of the molecule is Cc1ccc(-c2noc(-c3nnc4n3C3=CN(F)CN3c3ccccc3-4)n2)o1. The summed E-state index contributed by atoms with van der Waals surface area (Å²) < 4.78 is 26.7. The van der Waals surface area contributed by atoms with Crippen LogP contribution in [-0.2, 0) is 0 Å². The van der Waals surface area contributed by atoms with E-state index in [1.807, 2.05) is 42.2 Å². The summed E-state index contributed by atoms with van der Waals surface area (Å²) in [5, 5.41) is 13.1. The summed E-state index contributed by atoms with van der Waals surface area (Å²) in [5.41, 5.74) is 1.70. The predicted molar refractivity (Wildman–Crippen MR) is 95.8 cm³/mol. The molecule has 2 aliphatic heterocycles. The van der Waals surface area contributed by atoms with Crippen molar-refractivity contribution >= 4 is 11.5 Å². The molecule has 28 heavy (non-hydrogen) atoms. The molecule has 0 amide bonds. The van der Waals surface area contributed by atoms with E-state index in [9.17, 15) is 4.48 Å². The average Bonchev–Trinajstić information content (AvgIpc) is 3.46. The number of furan rings is 1. The number of rotatable bonds is 2. The van der Waals surface area contributed by atoms with Crippen molar-refractivity contribution in [2.75, 3.05) is 11.6 Å².